The molecule has 1 unspecified atom stereocenters. The Morgan fingerprint density at radius 3 is 2.93 bits per heavy atom. The van der Waals surface area contributed by atoms with Crippen LogP contribution in [0.2, 0.25) is 0 Å². The third-order valence-corrected chi connectivity index (χ3v) is 3.26. The summed E-state index contributed by atoms with van der Waals surface area (Å²) in [5, 5.41) is 0. The smallest absolute Gasteiger partial charge is 0.137 e. The summed E-state index contributed by atoms with van der Waals surface area (Å²) in [5.74, 6) is 0. The molecule has 2 atom stereocenters. The first-order valence-electron chi connectivity index (χ1n) is 5.37. The lowest BCUT2D eigenvalue weighted by Crippen LogP contribution is -2.26. The summed E-state index contributed by atoms with van der Waals surface area (Å²) in [6, 6.07) is 11.2. The summed E-state index contributed by atoms with van der Waals surface area (Å²) in [5.41, 5.74) is 1.30. The fourth-order valence-corrected chi connectivity index (χ4v) is 2.55. The van der Waals surface area contributed by atoms with Crippen molar-refractivity contribution in [1.29, 1.82) is 0 Å². The van der Waals surface area contributed by atoms with Crippen molar-refractivity contribution in [3.63, 3.8) is 0 Å². The SMILES string of the molecule is c1ccc(C2OC[C@@H]3CCCN23)cc1. The lowest BCUT2D eigenvalue weighted by Gasteiger charge is -2.21. The van der Waals surface area contributed by atoms with E-state index >= 15 is 0 Å². The Morgan fingerprint density at radius 1 is 1.21 bits per heavy atom. The number of rotatable bonds is 1. The molecule has 2 fully saturated rings. The molecule has 2 aliphatic heterocycles. The molecule has 0 radical (unpaired) electrons. The molecule has 0 amide bonds. The molecule has 1 aromatic carbocycles. The average Bonchev–Trinajstić information content (AvgIpc) is 2.79. The zero-order valence-electron chi connectivity index (χ0n) is 8.23. The van der Waals surface area contributed by atoms with Gasteiger partial charge in [-0.05, 0) is 18.4 Å². The van der Waals surface area contributed by atoms with Crippen LogP contribution >= 0.6 is 0 Å². The summed E-state index contributed by atoms with van der Waals surface area (Å²) in [6.07, 6.45) is 2.87. The van der Waals surface area contributed by atoms with Gasteiger partial charge in [-0.1, -0.05) is 30.3 Å². The Labute approximate surface area is 84.5 Å². The van der Waals surface area contributed by atoms with Crippen molar-refractivity contribution in [2.75, 3.05) is 13.2 Å². The molecule has 0 spiro atoms. The van der Waals surface area contributed by atoms with E-state index in [4.69, 9.17) is 4.74 Å². The quantitative estimate of drug-likeness (QED) is 0.671. The van der Waals surface area contributed by atoms with Gasteiger partial charge >= 0.3 is 0 Å². The summed E-state index contributed by atoms with van der Waals surface area (Å²) in [7, 11) is 0. The molecule has 0 aliphatic carbocycles. The van der Waals surface area contributed by atoms with E-state index in [0.29, 0.717) is 6.04 Å². The highest BCUT2D eigenvalue weighted by atomic mass is 16.5. The molecule has 74 valence electrons. The van der Waals surface area contributed by atoms with Crippen molar-refractivity contribution < 1.29 is 4.74 Å². The van der Waals surface area contributed by atoms with Gasteiger partial charge in [0.05, 0.1) is 6.61 Å². The van der Waals surface area contributed by atoms with Gasteiger partial charge in [0.15, 0.2) is 0 Å². The van der Waals surface area contributed by atoms with Crippen molar-refractivity contribution in [2.45, 2.75) is 25.1 Å². The van der Waals surface area contributed by atoms with Gasteiger partial charge in [-0.25, -0.2) is 0 Å². The van der Waals surface area contributed by atoms with E-state index in [-0.39, 0.29) is 6.23 Å². The summed E-state index contributed by atoms with van der Waals surface area (Å²) >= 11 is 0. The van der Waals surface area contributed by atoms with E-state index in [1.54, 1.807) is 0 Å². The standard InChI is InChI=1S/C12H15NO/c1-2-5-10(6-3-1)12-13-8-4-7-11(13)9-14-12/h1-3,5-6,11-12H,4,7-9H2/t11-,12?/m0/s1. The van der Waals surface area contributed by atoms with Gasteiger partial charge in [0, 0.05) is 12.6 Å². The molecular weight excluding hydrogens is 174 g/mol. The van der Waals surface area contributed by atoms with Crippen molar-refractivity contribution >= 4 is 0 Å². The van der Waals surface area contributed by atoms with E-state index in [1.807, 2.05) is 0 Å². The lowest BCUT2D eigenvalue weighted by atomic mass is 10.2. The van der Waals surface area contributed by atoms with Crippen molar-refractivity contribution in [2.24, 2.45) is 0 Å². The molecule has 14 heavy (non-hydrogen) atoms. The van der Waals surface area contributed by atoms with Gasteiger partial charge in [-0.2, -0.15) is 0 Å². The minimum Gasteiger partial charge on any atom is -0.357 e. The van der Waals surface area contributed by atoms with Gasteiger partial charge in [0.2, 0.25) is 0 Å². The van der Waals surface area contributed by atoms with Crippen LogP contribution in [-0.4, -0.2) is 24.1 Å². The van der Waals surface area contributed by atoms with Crippen molar-refractivity contribution in [1.82, 2.24) is 4.90 Å². The monoisotopic (exact) mass is 189 g/mol. The highest BCUT2D eigenvalue weighted by molar-refractivity contribution is 5.18. The summed E-state index contributed by atoms with van der Waals surface area (Å²) in [4.78, 5) is 2.50. The van der Waals surface area contributed by atoms with Crippen LogP contribution in [0.25, 0.3) is 0 Å². The normalized spacial score (nSPS) is 32.0. The largest absolute Gasteiger partial charge is 0.357 e. The Hall–Kier alpha value is -0.860. The second kappa shape index (κ2) is 3.37. The number of fused-ring (bicyclic) bond motifs is 1. The molecule has 2 heteroatoms. The number of ether oxygens (including phenoxy) is 1. The van der Waals surface area contributed by atoms with Crippen LogP contribution in [0.1, 0.15) is 24.6 Å². The molecule has 0 N–H and O–H groups in total. The minimum atomic E-state index is 0.226. The van der Waals surface area contributed by atoms with Crippen molar-refractivity contribution in [3.8, 4) is 0 Å². The van der Waals surface area contributed by atoms with Gasteiger partial charge in [0.25, 0.3) is 0 Å². The Morgan fingerprint density at radius 2 is 2.07 bits per heavy atom. The fourth-order valence-electron chi connectivity index (χ4n) is 2.55. The summed E-state index contributed by atoms with van der Waals surface area (Å²) in [6.45, 7) is 2.11. The number of hydrogen-bond donors (Lipinski definition) is 0. The van der Waals surface area contributed by atoms with Crippen LogP contribution in [0.5, 0.6) is 0 Å². The highest BCUT2D eigenvalue weighted by Crippen LogP contribution is 2.35. The Bertz CT molecular complexity index is 311. The zero-order valence-corrected chi connectivity index (χ0v) is 8.23. The van der Waals surface area contributed by atoms with E-state index in [1.165, 1.54) is 24.9 Å². The van der Waals surface area contributed by atoms with E-state index in [2.05, 4.69) is 35.2 Å². The highest BCUT2D eigenvalue weighted by Gasteiger charge is 2.37. The molecular formula is C12H15NO. The van der Waals surface area contributed by atoms with Gasteiger partial charge in [-0.15, -0.1) is 0 Å². The maximum absolute atomic E-state index is 5.83. The predicted octanol–water partition coefficient (Wildman–Crippen LogP) is 2.18. The van der Waals surface area contributed by atoms with Crippen LogP contribution in [0.4, 0.5) is 0 Å². The molecule has 0 aromatic heterocycles. The molecule has 1 aromatic rings. The van der Waals surface area contributed by atoms with Crippen LogP contribution in [-0.2, 0) is 4.74 Å². The molecule has 2 nitrogen and oxygen atoms in total. The molecule has 2 heterocycles. The molecule has 2 aliphatic rings. The third-order valence-electron chi connectivity index (χ3n) is 3.26. The van der Waals surface area contributed by atoms with Crippen LogP contribution < -0.4 is 0 Å². The number of hydrogen-bond acceptors (Lipinski definition) is 2. The van der Waals surface area contributed by atoms with E-state index < -0.39 is 0 Å². The molecule has 2 saturated heterocycles. The topological polar surface area (TPSA) is 12.5 Å². The Balaban J connectivity index is 1.86. The first-order valence-corrected chi connectivity index (χ1v) is 5.37. The maximum Gasteiger partial charge on any atom is 0.137 e. The van der Waals surface area contributed by atoms with Crippen LogP contribution in [0.15, 0.2) is 30.3 Å². The van der Waals surface area contributed by atoms with Crippen molar-refractivity contribution in [3.05, 3.63) is 35.9 Å². The fraction of sp³-hybridized carbons (Fsp3) is 0.500. The molecule has 0 bridgehead atoms. The summed E-state index contributed by atoms with van der Waals surface area (Å²) < 4.78 is 5.83. The molecule has 0 saturated carbocycles. The minimum absolute atomic E-state index is 0.226. The number of nitrogens with zero attached hydrogens (tertiary/aromatic N) is 1. The second-order valence-electron chi connectivity index (χ2n) is 4.13. The maximum atomic E-state index is 5.83. The van der Waals surface area contributed by atoms with Gasteiger partial charge in [-0.3, -0.25) is 4.90 Å². The molecule has 3 rings (SSSR count). The lowest BCUT2D eigenvalue weighted by molar-refractivity contribution is 0.0352. The van der Waals surface area contributed by atoms with Crippen LogP contribution in [0, 0.1) is 0 Å². The first-order chi connectivity index (χ1) is 6.95. The third kappa shape index (κ3) is 1.26. The van der Waals surface area contributed by atoms with Gasteiger partial charge in [0.1, 0.15) is 6.23 Å². The second-order valence-corrected chi connectivity index (χ2v) is 4.13. The predicted molar refractivity (Wildman–Crippen MR) is 54.9 cm³/mol. The van der Waals surface area contributed by atoms with Gasteiger partial charge < -0.3 is 4.74 Å². The number of benzene rings is 1. The first kappa shape index (κ1) is 8.45. The van der Waals surface area contributed by atoms with E-state index in [9.17, 15) is 0 Å². The average molecular weight is 189 g/mol. The zero-order chi connectivity index (χ0) is 9.38. The van der Waals surface area contributed by atoms with E-state index in [0.717, 1.165) is 6.61 Å². The van der Waals surface area contributed by atoms with Crippen LogP contribution in [0.3, 0.4) is 0 Å². The Kier molecular flexibility index (Phi) is 2.03.